The van der Waals surface area contributed by atoms with Crippen LogP contribution in [-0.2, 0) is 33.7 Å². The van der Waals surface area contributed by atoms with E-state index >= 15 is 0 Å². The lowest BCUT2D eigenvalue weighted by molar-refractivity contribution is -0.159. The normalized spacial score (nSPS) is 26.2. The molecule has 8 nitrogen and oxygen atoms in total. The van der Waals surface area contributed by atoms with E-state index in [9.17, 15) is 24.0 Å². The average molecular weight is 591 g/mol. The van der Waals surface area contributed by atoms with Crippen LogP contribution >= 0.6 is 23.2 Å². The van der Waals surface area contributed by atoms with Crippen LogP contribution in [0.1, 0.15) is 44.6 Å². The molecule has 1 heterocycles. The molecule has 1 aliphatic heterocycles. The van der Waals surface area contributed by atoms with Crippen LogP contribution in [0.15, 0.2) is 72.8 Å². The molecule has 3 aromatic carbocycles. The number of hydrogen-bond donors (Lipinski definition) is 1. The van der Waals surface area contributed by atoms with Gasteiger partial charge in [0, 0.05) is 5.56 Å². The molecule has 208 valence electrons. The van der Waals surface area contributed by atoms with Crippen LogP contribution in [0.2, 0.25) is 0 Å². The number of amides is 3. The Hall–Kier alpha value is -4.01. The quantitative estimate of drug-likeness (QED) is 0.194. The van der Waals surface area contributed by atoms with Crippen LogP contribution < -0.4 is 5.73 Å². The third-order valence-electron chi connectivity index (χ3n) is 8.32. The monoisotopic (exact) mass is 590 g/mol. The molecule has 0 saturated carbocycles. The Labute approximate surface area is 245 Å². The van der Waals surface area contributed by atoms with E-state index in [0.29, 0.717) is 32.7 Å². The largest absolute Gasteiger partial charge is 0.456 e. The van der Waals surface area contributed by atoms with Crippen molar-refractivity contribution < 1.29 is 28.7 Å². The van der Waals surface area contributed by atoms with Gasteiger partial charge < -0.3 is 10.5 Å². The van der Waals surface area contributed by atoms with Gasteiger partial charge >= 0.3 is 5.97 Å². The molecule has 1 saturated heterocycles. The number of carbonyl (C=O) groups is 5. The number of halogens is 2. The van der Waals surface area contributed by atoms with Gasteiger partial charge in [0.1, 0.15) is 15.8 Å². The number of nitrogens with two attached hydrogens (primary N) is 1. The summed E-state index contributed by atoms with van der Waals surface area (Å²) in [5.74, 6) is -6.42. The highest BCUT2D eigenvalue weighted by molar-refractivity contribution is 6.36. The summed E-state index contributed by atoms with van der Waals surface area (Å²) >= 11 is 14.8. The number of primary amides is 1. The number of rotatable bonds is 7. The highest BCUT2D eigenvalue weighted by Crippen LogP contribution is 2.69. The predicted molar refractivity (Wildman–Crippen MR) is 149 cm³/mol. The van der Waals surface area contributed by atoms with Gasteiger partial charge in [-0.25, -0.2) is 4.79 Å². The van der Waals surface area contributed by atoms with Gasteiger partial charge in [-0.2, -0.15) is 0 Å². The van der Waals surface area contributed by atoms with E-state index in [1.165, 1.54) is 0 Å². The van der Waals surface area contributed by atoms with E-state index < -0.39 is 70.1 Å². The Kier molecular flexibility index (Phi) is 6.32. The second-order valence-corrected chi connectivity index (χ2v) is 11.8. The van der Waals surface area contributed by atoms with Gasteiger partial charge in [0.2, 0.25) is 17.7 Å². The fourth-order valence-corrected chi connectivity index (χ4v) is 7.62. The number of carbonyl (C=O) groups excluding carboxylic acids is 5. The number of ketones is 1. The third kappa shape index (κ3) is 3.77. The number of benzene rings is 3. The molecule has 41 heavy (non-hydrogen) atoms. The Morgan fingerprint density at radius 3 is 1.68 bits per heavy atom. The maximum absolute atomic E-state index is 14.2. The molecule has 2 bridgehead atoms. The molecular formula is C31H24Cl2N2O6. The maximum Gasteiger partial charge on any atom is 0.330 e. The molecule has 2 N–H and O–H groups in total. The van der Waals surface area contributed by atoms with E-state index in [1.807, 2.05) is 6.92 Å². The minimum atomic E-state index is -1.70. The van der Waals surface area contributed by atoms with Crippen molar-refractivity contribution in [2.24, 2.45) is 17.6 Å². The zero-order valence-corrected chi connectivity index (χ0v) is 23.3. The Morgan fingerprint density at radius 1 is 0.829 bits per heavy atom. The molecule has 0 radical (unpaired) electrons. The maximum atomic E-state index is 14.2. The van der Waals surface area contributed by atoms with Crippen molar-refractivity contribution in [2.45, 2.75) is 29.1 Å². The SMILES string of the molecule is Cc1ccc(C(=O)COC(=O)[C@@H](CC(N)=O)N2C(=O)[C@H]3[C@H](C2=O)C2(Cl)c4ccccc4C3(Cl)c3ccccc32)cc1. The van der Waals surface area contributed by atoms with Crippen LogP contribution in [0.3, 0.4) is 0 Å². The van der Waals surface area contributed by atoms with Crippen molar-refractivity contribution in [3.63, 3.8) is 0 Å². The molecule has 10 heteroatoms. The Bertz CT molecular complexity index is 1530. The van der Waals surface area contributed by atoms with E-state index in [4.69, 9.17) is 33.7 Å². The van der Waals surface area contributed by atoms with Gasteiger partial charge in [-0.05, 0) is 29.2 Å². The highest BCUT2D eigenvalue weighted by atomic mass is 35.5. The molecule has 3 aromatic rings. The van der Waals surface area contributed by atoms with Crippen molar-refractivity contribution in [3.05, 3.63) is 106 Å². The summed E-state index contributed by atoms with van der Waals surface area (Å²) in [4.78, 5) is 64.1. The average Bonchev–Trinajstić information content (AvgIpc) is 3.24. The van der Waals surface area contributed by atoms with Gasteiger partial charge in [-0.3, -0.25) is 24.1 Å². The summed E-state index contributed by atoms with van der Waals surface area (Å²) in [5, 5.41) is 0. The number of imide groups is 1. The zero-order valence-electron chi connectivity index (χ0n) is 21.8. The second kappa shape index (κ2) is 9.53. The lowest BCUT2D eigenvalue weighted by atomic mass is 9.54. The molecule has 7 rings (SSSR count). The van der Waals surface area contributed by atoms with Crippen LogP contribution in [0.25, 0.3) is 0 Å². The van der Waals surface area contributed by atoms with E-state index in [1.54, 1.807) is 72.8 Å². The number of nitrogens with zero attached hydrogens (tertiary/aromatic N) is 1. The summed E-state index contributed by atoms with van der Waals surface area (Å²) in [6, 6.07) is 19.2. The first-order chi connectivity index (χ1) is 19.5. The van der Waals surface area contributed by atoms with Crippen molar-refractivity contribution in [1.82, 2.24) is 4.90 Å². The second-order valence-electron chi connectivity index (χ2n) is 10.6. The Morgan fingerprint density at radius 2 is 1.27 bits per heavy atom. The molecule has 3 aliphatic carbocycles. The molecule has 4 aliphatic rings. The molecule has 0 spiro atoms. The molecule has 0 unspecified atom stereocenters. The number of hydrogen-bond acceptors (Lipinski definition) is 6. The van der Waals surface area contributed by atoms with E-state index in [0.717, 1.165) is 5.56 Å². The fourth-order valence-electron chi connectivity index (χ4n) is 6.52. The molecule has 1 fully saturated rings. The van der Waals surface area contributed by atoms with E-state index in [-0.39, 0.29) is 0 Å². The van der Waals surface area contributed by atoms with Crippen LogP contribution in [0, 0.1) is 18.8 Å². The lowest BCUT2D eigenvalue weighted by Gasteiger charge is -2.54. The number of esters is 1. The third-order valence-corrected chi connectivity index (χ3v) is 9.60. The topological polar surface area (TPSA) is 124 Å². The molecule has 3 amide bonds. The molecule has 3 atom stereocenters. The minimum absolute atomic E-state index is 0.314. The van der Waals surface area contributed by atoms with Crippen LogP contribution in [0.5, 0.6) is 0 Å². The summed E-state index contributed by atoms with van der Waals surface area (Å²) in [5.41, 5.74) is 9.08. The van der Waals surface area contributed by atoms with Crippen molar-refractivity contribution in [1.29, 1.82) is 0 Å². The van der Waals surface area contributed by atoms with Gasteiger partial charge in [0.05, 0.1) is 18.3 Å². The number of Topliss-reactive ketones (excluding diaryl/α,β-unsaturated/α-hetero) is 1. The van der Waals surface area contributed by atoms with Crippen molar-refractivity contribution in [2.75, 3.05) is 6.61 Å². The number of ether oxygens (including phenoxy) is 1. The minimum Gasteiger partial charge on any atom is -0.456 e. The van der Waals surface area contributed by atoms with Crippen molar-refractivity contribution >= 4 is 52.7 Å². The van der Waals surface area contributed by atoms with Crippen LogP contribution in [-0.4, -0.2) is 47.0 Å². The zero-order chi connectivity index (χ0) is 29.3. The van der Waals surface area contributed by atoms with Gasteiger partial charge in [0.25, 0.3) is 0 Å². The summed E-state index contributed by atoms with van der Waals surface area (Å²) in [6.07, 6.45) is -0.695. The first kappa shape index (κ1) is 27.2. The highest BCUT2D eigenvalue weighted by Gasteiger charge is 2.73. The van der Waals surface area contributed by atoms with Gasteiger partial charge in [-0.15, -0.1) is 23.2 Å². The lowest BCUT2D eigenvalue weighted by Crippen LogP contribution is -2.57. The number of alkyl halides is 2. The Balaban J connectivity index is 1.38. The predicted octanol–water partition coefficient (Wildman–Crippen LogP) is 3.56. The van der Waals surface area contributed by atoms with Gasteiger partial charge in [0.15, 0.2) is 12.4 Å². The molecule has 0 aromatic heterocycles. The van der Waals surface area contributed by atoms with E-state index in [2.05, 4.69) is 0 Å². The van der Waals surface area contributed by atoms with Crippen LogP contribution in [0.4, 0.5) is 0 Å². The first-order valence-electron chi connectivity index (χ1n) is 13.0. The smallest absolute Gasteiger partial charge is 0.330 e. The standard InChI is InChI=1S/C31H24Cl2N2O6/c1-16-10-12-17(13-11-16)23(36)15-41-29(40)22(14-24(34)37)35-27(38)25-26(28(35)39)31(33)19-7-3-2-6-18(19)30(25,32)20-8-4-5-9-21(20)31/h2-13,22,25-26H,14-15H2,1H3,(H2,34,37)/t22-,25-,26-,30?,31?/m1/s1. The number of aryl methyl sites for hydroxylation is 1. The first-order valence-corrected chi connectivity index (χ1v) is 13.8. The summed E-state index contributed by atoms with van der Waals surface area (Å²) in [6.45, 7) is 1.21. The molecular weight excluding hydrogens is 567 g/mol. The van der Waals surface area contributed by atoms with Crippen molar-refractivity contribution in [3.8, 4) is 0 Å². The fraction of sp³-hybridized carbons (Fsp3) is 0.258. The summed E-state index contributed by atoms with van der Waals surface area (Å²) in [7, 11) is 0. The van der Waals surface area contributed by atoms with Gasteiger partial charge in [-0.1, -0.05) is 78.4 Å². The summed E-state index contributed by atoms with van der Waals surface area (Å²) < 4.78 is 5.25. The number of likely N-dealkylation sites (tertiary alicyclic amines) is 1.